The molecule has 5 aromatic rings. The van der Waals surface area contributed by atoms with Gasteiger partial charge >= 0.3 is 0 Å². The quantitative estimate of drug-likeness (QED) is 0.194. The summed E-state index contributed by atoms with van der Waals surface area (Å²) in [5, 5.41) is 5.44. The average Bonchev–Trinajstić information content (AvgIpc) is 3.08. The second-order valence-corrected chi connectivity index (χ2v) is 14.1. The van der Waals surface area contributed by atoms with Crippen molar-refractivity contribution in [3.8, 4) is 0 Å². The van der Waals surface area contributed by atoms with Crippen molar-refractivity contribution in [2.45, 2.75) is 9.79 Å². The Morgan fingerprint density at radius 1 is 0.457 bits per heavy atom. The molecule has 2 N–H and O–H groups in total. The third-order valence-electron chi connectivity index (χ3n) is 7.19. The zero-order valence-corrected chi connectivity index (χ0v) is 26.5. The largest absolute Gasteiger partial charge is 0.322 e. The Kier molecular flexibility index (Phi) is 9.21. The van der Waals surface area contributed by atoms with E-state index in [1.165, 1.54) is 95.5 Å². The van der Waals surface area contributed by atoms with Gasteiger partial charge in [0.1, 0.15) is 0 Å². The zero-order chi connectivity index (χ0) is 32.9. The molecule has 0 atom stereocenters. The van der Waals surface area contributed by atoms with Gasteiger partial charge in [-0.1, -0.05) is 36.4 Å². The SMILES string of the molecule is CN(c1ccccc1)S(=O)(=O)c1ccc(NC(=O)c2ccc(C(=O)Nc3ccc(S(=O)(=O)N(C)c4ccccc4)cc3)cc2)cc1. The van der Waals surface area contributed by atoms with Crippen LogP contribution in [0.4, 0.5) is 22.7 Å². The molecule has 0 aromatic heterocycles. The minimum Gasteiger partial charge on any atom is -0.322 e. The maximum absolute atomic E-state index is 13.0. The summed E-state index contributed by atoms with van der Waals surface area (Å²) in [5.74, 6) is -0.887. The van der Waals surface area contributed by atoms with E-state index >= 15 is 0 Å². The summed E-state index contributed by atoms with van der Waals surface area (Å²) in [4.78, 5) is 25.8. The number of para-hydroxylation sites is 2. The minimum atomic E-state index is -3.79. The summed E-state index contributed by atoms with van der Waals surface area (Å²) >= 11 is 0. The lowest BCUT2D eigenvalue weighted by Gasteiger charge is -2.19. The molecular weight excluding hydrogens is 625 g/mol. The molecule has 12 heteroatoms. The lowest BCUT2D eigenvalue weighted by Crippen LogP contribution is -2.26. The van der Waals surface area contributed by atoms with Gasteiger partial charge in [0.2, 0.25) is 0 Å². The number of rotatable bonds is 10. The number of hydrogen-bond donors (Lipinski definition) is 2. The number of sulfonamides is 2. The topological polar surface area (TPSA) is 133 Å². The normalized spacial score (nSPS) is 11.3. The maximum Gasteiger partial charge on any atom is 0.264 e. The number of hydrogen-bond acceptors (Lipinski definition) is 6. The van der Waals surface area contributed by atoms with E-state index in [2.05, 4.69) is 10.6 Å². The predicted octanol–water partition coefficient (Wildman–Crippen LogP) is 5.84. The van der Waals surface area contributed by atoms with Crippen molar-refractivity contribution in [2.75, 3.05) is 33.3 Å². The first-order chi connectivity index (χ1) is 22.0. The van der Waals surface area contributed by atoms with E-state index in [9.17, 15) is 26.4 Å². The molecule has 234 valence electrons. The van der Waals surface area contributed by atoms with Gasteiger partial charge in [-0.15, -0.1) is 0 Å². The molecule has 0 aliphatic rings. The number of anilines is 4. The third kappa shape index (κ3) is 6.93. The number of carbonyl (C=O) groups excluding carboxylic acids is 2. The molecule has 5 rings (SSSR count). The Morgan fingerprint density at radius 2 is 0.761 bits per heavy atom. The van der Waals surface area contributed by atoms with Crippen LogP contribution in [0, 0.1) is 0 Å². The van der Waals surface area contributed by atoms with E-state index in [0.717, 1.165) is 0 Å². The predicted molar refractivity (Wildman–Crippen MR) is 179 cm³/mol. The second-order valence-electron chi connectivity index (χ2n) is 10.2. The Labute approximate surface area is 268 Å². The zero-order valence-electron chi connectivity index (χ0n) is 24.9. The molecule has 0 aliphatic carbocycles. The number of carbonyl (C=O) groups is 2. The molecule has 0 heterocycles. The first-order valence-corrected chi connectivity index (χ1v) is 16.9. The molecule has 0 saturated heterocycles. The fourth-order valence-corrected chi connectivity index (χ4v) is 6.86. The van der Waals surface area contributed by atoms with Gasteiger partial charge in [0.25, 0.3) is 31.9 Å². The minimum absolute atomic E-state index is 0.0722. The number of amides is 2. The highest BCUT2D eigenvalue weighted by Gasteiger charge is 2.22. The van der Waals surface area contributed by atoms with E-state index in [1.54, 1.807) is 60.7 Å². The number of nitrogens with zero attached hydrogens (tertiary/aromatic N) is 2. The van der Waals surface area contributed by atoms with Crippen molar-refractivity contribution in [1.29, 1.82) is 0 Å². The van der Waals surface area contributed by atoms with Gasteiger partial charge in [0, 0.05) is 36.6 Å². The van der Waals surface area contributed by atoms with E-state index in [1.807, 2.05) is 0 Å². The fourth-order valence-electron chi connectivity index (χ4n) is 4.47. The Balaban J connectivity index is 1.19. The van der Waals surface area contributed by atoms with Gasteiger partial charge in [0.05, 0.1) is 21.2 Å². The Bertz CT molecular complexity index is 1900. The average molecular weight is 655 g/mol. The van der Waals surface area contributed by atoms with E-state index in [0.29, 0.717) is 22.7 Å². The summed E-state index contributed by atoms with van der Waals surface area (Å²) < 4.78 is 54.4. The van der Waals surface area contributed by atoms with Crippen LogP contribution in [0.5, 0.6) is 0 Å². The highest BCUT2D eigenvalue weighted by Crippen LogP contribution is 2.25. The smallest absolute Gasteiger partial charge is 0.264 e. The Morgan fingerprint density at radius 3 is 1.07 bits per heavy atom. The molecule has 10 nitrogen and oxygen atoms in total. The van der Waals surface area contributed by atoms with Crippen LogP contribution in [0.3, 0.4) is 0 Å². The van der Waals surface area contributed by atoms with Crippen LogP contribution in [0.25, 0.3) is 0 Å². The summed E-state index contributed by atoms with van der Waals surface area (Å²) in [6.45, 7) is 0. The molecule has 0 saturated carbocycles. The third-order valence-corrected chi connectivity index (χ3v) is 10.8. The highest BCUT2D eigenvalue weighted by molar-refractivity contribution is 7.93. The van der Waals surface area contributed by atoms with Gasteiger partial charge < -0.3 is 10.6 Å². The molecule has 0 spiro atoms. The molecule has 0 fully saturated rings. The van der Waals surface area contributed by atoms with Gasteiger partial charge in [-0.25, -0.2) is 16.8 Å². The van der Waals surface area contributed by atoms with Crippen molar-refractivity contribution in [3.05, 3.63) is 145 Å². The van der Waals surface area contributed by atoms with E-state index < -0.39 is 31.9 Å². The molecule has 5 aromatic carbocycles. The van der Waals surface area contributed by atoms with Crippen LogP contribution in [0.15, 0.2) is 143 Å². The summed E-state index contributed by atoms with van der Waals surface area (Å²) in [7, 11) is -4.64. The summed E-state index contributed by atoms with van der Waals surface area (Å²) in [6, 6.07) is 35.0. The molecule has 0 aliphatic heterocycles. The van der Waals surface area contributed by atoms with Crippen LogP contribution in [0.1, 0.15) is 20.7 Å². The molecule has 2 amide bonds. The van der Waals surface area contributed by atoms with Crippen molar-refractivity contribution in [2.24, 2.45) is 0 Å². The van der Waals surface area contributed by atoms with Crippen molar-refractivity contribution >= 4 is 54.6 Å². The van der Waals surface area contributed by atoms with Crippen LogP contribution < -0.4 is 19.2 Å². The lowest BCUT2D eigenvalue weighted by atomic mass is 10.1. The highest BCUT2D eigenvalue weighted by atomic mass is 32.2. The molecule has 46 heavy (non-hydrogen) atoms. The van der Waals surface area contributed by atoms with Crippen molar-refractivity contribution in [1.82, 2.24) is 0 Å². The molecule has 0 unspecified atom stereocenters. The number of benzene rings is 5. The molecule has 0 bridgehead atoms. The number of nitrogens with one attached hydrogen (secondary N) is 2. The summed E-state index contributed by atoms with van der Waals surface area (Å²) in [6.07, 6.45) is 0. The van der Waals surface area contributed by atoms with Gasteiger partial charge in [0.15, 0.2) is 0 Å². The molecular formula is C34H30N4O6S2. The first-order valence-electron chi connectivity index (χ1n) is 14.0. The van der Waals surface area contributed by atoms with Crippen LogP contribution in [-0.2, 0) is 20.0 Å². The van der Waals surface area contributed by atoms with Gasteiger partial charge in [-0.05, 0) is 97.1 Å². The first kappa shape index (κ1) is 31.9. The maximum atomic E-state index is 13.0. The fraction of sp³-hybridized carbons (Fsp3) is 0.0588. The van der Waals surface area contributed by atoms with Crippen LogP contribution >= 0.6 is 0 Å². The monoisotopic (exact) mass is 654 g/mol. The van der Waals surface area contributed by atoms with Gasteiger partial charge in [-0.2, -0.15) is 0 Å². The lowest BCUT2D eigenvalue weighted by molar-refractivity contribution is 0.101. The van der Waals surface area contributed by atoms with Crippen LogP contribution in [0.2, 0.25) is 0 Å². The van der Waals surface area contributed by atoms with E-state index in [4.69, 9.17) is 0 Å². The summed E-state index contributed by atoms with van der Waals surface area (Å²) in [5.41, 5.74) is 2.41. The van der Waals surface area contributed by atoms with Gasteiger partial charge in [-0.3, -0.25) is 18.2 Å². The second kappa shape index (κ2) is 13.3. The molecule has 0 radical (unpaired) electrons. The van der Waals surface area contributed by atoms with Crippen molar-refractivity contribution in [3.63, 3.8) is 0 Å². The Hall–Kier alpha value is -5.46. The van der Waals surface area contributed by atoms with Crippen molar-refractivity contribution < 1.29 is 26.4 Å². The van der Waals surface area contributed by atoms with E-state index in [-0.39, 0.29) is 20.9 Å². The van der Waals surface area contributed by atoms with Crippen LogP contribution in [-0.4, -0.2) is 42.7 Å². The standard InChI is InChI=1S/C34H30N4O6S2/c1-37(29-9-5-3-6-10-29)45(41,42)31-21-17-27(18-22-31)35-33(39)25-13-15-26(16-14-25)34(40)36-28-19-23-32(24-20-28)46(43,44)38(2)30-11-7-4-8-12-30/h3-24H,1-2H3,(H,35,39)(H,36,40).